The third kappa shape index (κ3) is 3.73. The van der Waals surface area contributed by atoms with Gasteiger partial charge in [0.25, 0.3) is 0 Å². The zero-order valence-electron chi connectivity index (χ0n) is 12.6. The first kappa shape index (κ1) is 14.4. The number of hydrogen-bond acceptors (Lipinski definition) is 2. The molecule has 1 aromatic rings. The standard InChI is InChI=1S/C17H28N2/c1-13(2)8-15(10-18)12-19-11-14(3)9-16-6-4-5-7-17(16)19/h4-7,13-15H,8-12,18H2,1-3H3. The summed E-state index contributed by atoms with van der Waals surface area (Å²) in [5.41, 5.74) is 8.90. The predicted molar refractivity (Wildman–Crippen MR) is 83.5 cm³/mol. The smallest absolute Gasteiger partial charge is 0.0399 e. The molecule has 0 spiro atoms. The molecule has 2 heteroatoms. The van der Waals surface area contributed by atoms with Crippen molar-refractivity contribution in [1.29, 1.82) is 0 Å². The Morgan fingerprint density at radius 1 is 1.32 bits per heavy atom. The predicted octanol–water partition coefficient (Wildman–Crippen LogP) is 3.31. The lowest BCUT2D eigenvalue weighted by Crippen LogP contribution is -2.39. The zero-order chi connectivity index (χ0) is 13.8. The maximum atomic E-state index is 5.97. The highest BCUT2D eigenvalue weighted by Gasteiger charge is 2.23. The molecule has 19 heavy (non-hydrogen) atoms. The number of hydrogen-bond donors (Lipinski definition) is 1. The van der Waals surface area contributed by atoms with Crippen molar-refractivity contribution in [1.82, 2.24) is 0 Å². The van der Waals surface area contributed by atoms with Crippen molar-refractivity contribution < 1.29 is 0 Å². The zero-order valence-corrected chi connectivity index (χ0v) is 12.6. The van der Waals surface area contributed by atoms with Crippen LogP contribution in [-0.2, 0) is 6.42 Å². The van der Waals surface area contributed by atoms with E-state index in [9.17, 15) is 0 Å². The van der Waals surface area contributed by atoms with Crippen LogP contribution in [0.15, 0.2) is 24.3 Å². The first-order valence-corrected chi connectivity index (χ1v) is 7.63. The molecule has 0 saturated heterocycles. The van der Waals surface area contributed by atoms with E-state index >= 15 is 0 Å². The molecule has 0 fully saturated rings. The highest BCUT2D eigenvalue weighted by Crippen LogP contribution is 2.30. The summed E-state index contributed by atoms with van der Waals surface area (Å²) in [6.45, 7) is 10.0. The number of anilines is 1. The lowest BCUT2D eigenvalue weighted by molar-refractivity contribution is 0.399. The Labute approximate surface area is 118 Å². The first-order valence-electron chi connectivity index (χ1n) is 7.63. The maximum absolute atomic E-state index is 5.97. The van der Waals surface area contributed by atoms with Crippen LogP contribution >= 0.6 is 0 Å². The molecule has 0 radical (unpaired) electrons. The minimum absolute atomic E-state index is 0.610. The van der Waals surface area contributed by atoms with E-state index in [0.29, 0.717) is 5.92 Å². The van der Waals surface area contributed by atoms with Gasteiger partial charge in [0.2, 0.25) is 0 Å². The second-order valence-electron chi connectivity index (χ2n) is 6.57. The summed E-state index contributed by atoms with van der Waals surface area (Å²) < 4.78 is 0. The molecule has 1 aliphatic rings. The van der Waals surface area contributed by atoms with Gasteiger partial charge in [-0.25, -0.2) is 0 Å². The van der Waals surface area contributed by atoms with Crippen LogP contribution in [0.3, 0.4) is 0 Å². The summed E-state index contributed by atoms with van der Waals surface area (Å²) >= 11 is 0. The van der Waals surface area contributed by atoms with E-state index in [1.165, 1.54) is 30.6 Å². The molecular weight excluding hydrogens is 232 g/mol. The van der Waals surface area contributed by atoms with Gasteiger partial charge in [-0.15, -0.1) is 0 Å². The number of nitrogens with zero attached hydrogens (tertiary/aromatic N) is 1. The highest BCUT2D eigenvalue weighted by molar-refractivity contribution is 5.55. The molecule has 0 aliphatic carbocycles. The molecule has 2 atom stereocenters. The Morgan fingerprint density at radius 3 is 2.74 bits per heavy atom. The Morgan fingerprint density at radius 2 is 2.05 bits per heavy atom. The highest BCUT2D eigenvalue weighted by atomic mass is 15.1. The van der Waals surface area contributed by atoms with Gasteiger partial charge in [0.05, 0.1) is 0 Å². The fourth-order valence-corrected chi connectivity index (χ4v) is 3.30. The van der Waals surface area contributed by atoms with Crippen molar-refractivity contribution >= 4 is 5.69 Å². The van der Waals surface area contributed by atoms with Crippen LogP contribution in [0.2, 0.25) is 0 Å². The van der Waals surface area contributed by atoms with Gasteiger partial charge < -0.3 is 10.6 Å². The Balaban J connectivity index is 2.11. The molecule has 0 saturated carbocycles. The molecular formula is C17H28N2. The van der Waals surface area contributed by atoms with E-state index in [2.05, 4.69) is 49.9 Å². The van der Waals surface area contributed by atoms with Gasteiger partial charge in [0, 0.05) is 18.8 Å². The van der Waals surface area contributed by atoms with Gasteiger partial charge in [-0.05, 0) is 48.8 Å². The summed E-state index contributed by atoms with van der Waals surface area (Å²) in [7, 11) is 0. The van der Waals surface area contributed by atoms with Crippen molar-refractivity contribution in [3.63, 3.8) is 0 Å². The van der Waals surface area contributed by atoms with Crippen molar-refractivity contribution in [2.45, 2.75) is 33.6 Å². The number of benzene rings is 1. The van der Waals surface area contributed by atoms with E-state index < -0.39 is 0 Å². The minimum Gasteiger partial charge on any atom is -0.371 e. The van der Waals surface area contributed by atoms with E-state index in [1.54, 1.807) is 0 Å². The maximum Gasteiger partial charge on any atom is 0.0399 e. The van der Waals surface area contributed by atoms with Crippen LogP contribution in [0.25, 0.3) is 0 Å². The second kappa shape index (κ2) is 6.42. The average molecular weight is 260 g/mol. The SMILES string of the molecule is CC(C)CC(CN)CN1CC(C)Cc2ccccc21. The van der Waals surface area contributed by atoms with Gasteiger partial charge in [-0.1, -0.05) is 39.0 Å². The molecule has 1 aromatic carbocycles. The molecule has 106 valence electrons. The largest absolute Gasteiger partial charge is 0.371 e. The normalized spacial score (nSPS) is 20.5. The van der Waals surface area contributed by atoms with Crippen LogP contribution < -0.4 is 10.6 Å². The molecule has 1 aliphatic heterocycles. The van der Waals surface area contributed by atoms with E-state index in [4.69, 9.17) is 5.73 Å². The summed E-state index contributed by atoms with van der Waals surface area (Å²) in [4.78, 5) is 2.56. The van der Waals surface area contributed by atoms with Crippen LogP contribution in [0.5, 0.6) is 0 Å². The lowest BCUT2D eigenvalue weighted by atomic mass is 9.91. The van der Waals surface area contributed by atoms with Crippen molar-refractivity contribution in [3.8, 4) is 0 Å². The van der Waals surface area contributed by atoms with Crippen LogP contribution in [0.1, 0.15) is 32.8 Å². The van der Waals surface area contributed by atoms with Crippen molar-refractivity contribution in [3.05, 3.63) is 29.8 Å². The van der Waals surface area contributed by atoms with Crippen molar-refractivity contribution in [2.24, 2.45) is 23.5 Å². The molecule has 2 nitrogen and oxygen atoms in total. The minimum atomic E-state index is 0.610. The van der Waals surface area contributed by atoms with Crippen LogP contribution in [0.4, 0.5) is 5.69 Å². The van der Waals surface area contributed by atoms with Crippen LogP contribution in [0, 0.1) is 17.8 Å². The summed E-state index contributed by atoms with van der Waals surface area (Å²) in [6.07, 6.45) is 2.44. The number of para-hydroxylation sites is 1. The Hall–Kier alpha value is -1.02. The summed E-state index contributed by atoms with van der Waals surface area (Å²) in [5, 5.41) is 0. The molecule has 0 aromatic heterocycles. The summed E-state index contributed by atoms with van der Waals surface area (Å²) in [5.74, 6) is 2.08. The van der Waals surface area contributed by atoms with Gasteiger partial charge >= 0.3 is 0 Å². The fourth-order valence-electron chi connectivity index (χ4n) is 3.30. The Bertz CT molecular complexity index is 400. The average Bonchev–Trinajstić information content (AvgIpc) is 2.37. The summed E-state index contributed by atoms with van der Waals surface area (Å²) in [6, 6.07) is 8.85. The number of fused-ring (bicyclic) bond motifs is 1. The number of rotatable bonds is 5. The quantitative estimate of drug-likeness (QED) is 0.880. The van der Waals surface area contributed by atoms with E-state index in [0.717, 1.165) is 24.9 Å². The molecule has 0 amide bonds. The third-order valence-corrected chi connectivity index (χ3v) is 4.05. The van der Waals surface area contributed by atoms with Crippen molar-refractivity contribution in [2.75, 3.05) is 24.5 Å². The third-order valence-electron chi connectivity index (χ3n) is 4.05. The molecule has 1 heterocycles. The molecule has 2 unspecified atom stereocenters. The fraction of sp³-hybridized carbons (Fsp3) is 0.647. The van der Waals surface area contributed by atoms with Gasteiger partial charge in [-0.2, -0.15) is 0 Å². The van der Waals surface area contributed by atoms with E-state index in [-0.39, 0.29) is 0 Å². The molecule has 2 N–H and O–H groups in total. The van der Waals surface area contributed by atoms with Gasteiger partial charge in [0.1, 0.15) is 0 Å². The number of nitrogens with two attached hydrogens (primary N) is 1. The second-order valence-corrected chi connectivity index (χ2v) is 6.57. The molecule has 2 rings (SSSR count). The topological polar surface area (TPSA) is 29.3 Å². The van der Waals surface area contributed by atoms with Gasteiger partial charge in [-0.3, -0.25) is 0 Å². The van der Waals surface area contributed by atoms with Crippen LogP contribution in [-0.4, -0.2) is 19.6 Å². The van der Waals surface area contributed by atoms with Gasteiger partial charge in [0.15, 0.2) is 0 Å². The molecule has 0 bridgehead atoms. The Kier molecular flexibility index (Phi) is 4.87. The first-order chi connectivity index (χ1) is 9.10. The monoisotopic (exact) mass is 260 g/mol. The van der Waals surface area contributed by atoms with E-state index in [1.807, 2.05) is 0 Å². The lowest BCUT2D eigenvalue weighted by Gasteiger charge is -2.37.